The Morgan fingerprint density at radius 2 is 2.23 bits per heavy atom. The van der Waals surface area contributed by atoms with E-state index in [-0.39, 0.29) is 5.82 Å². The largest absolute Gasteiger partial charge is 0.327 e. The van der Waals surface area contributed by atoms with Gasteiger partial charge in [-0.2, -0.15) is 0 Å². The second-order valence-corrected chi connectivity index (χ2v) is 3.52. The second kappa shape index (κ2) is 2.31. The zero-order valence-corrected chi connectivity index (χ0v) is 7.07. The number of halogens is 1. The summed E-state index contributed by atoms with van der Waals surface area (Å²) in [7, 11) is 0. The van der Waals surface area contributed by atoms with E-state index in [2.05, 4.69) is 9.55 Å². The molecule has 0 amide bonds. The molecule has 1 saturated carbocycles. The summed E-state index contributed by atoms with van der Waals surface area (Å²) in [6.07, 6.45) is 4.20. The van der Waals surface area contributed by atoms with Crippen LogP contribution in [0.15, 0.2) is 24.5 Å². The Balaban J connectivity index is 2.29. The van der Waals surface area contributed by atoms with Crippen molar-refractivity contribution < 1.29 is 4.39 Å². The van der Waals surface area contributed by atoms with E-state index in [9.17, 15) is 4.39 Å². The molecule has 0 radical (unpaired) electrons. The fraction of sp³-hybridized carbons (Fsp3) is 0.300. The minimum absolute atomic E-state index is 0.185. The molecule has 0 aliphatic heterocycles. The second-order valence-electron chi connectivity index (χ2n) is 3.52. The fourth-order valence-electron chi connectivity index (χ4n) is 1.64. The van der Waals surface area contributed by atoms with Gasteiger partial charge in [-0.05, 0) is 31.0 Å². The van der Waals surface area contributed by atoms with Crippen molar-refractivity contribution in [2.75, 3.05) is 0 Å². The number of rotatable bonds is 1. The molecule has 2 aromatic rings. The molecule has 2 nitrogen and oxygen atoms in total. The predicted molar refractivity (Wildman–Crippen MR) is 48.0 cm³/mol. The average Bonchev–Trinajstić information content (AvgIpc) is 2.87. The normalized spacial score (nSPS) is 16.7. The zero-order chi connectivity index (χ0) is 8.84. The van der Waals surface area contributed by atoms with Crippen molar-refractivity contribution in [2.45, 2.75) is 18.9 Å². The van der Waals surface area contributed by atoms with Crippen LogP contribution in [0, 0.1) is 5.82 Å². The van der Waals surface area contributed by atoms with E-state index in [1.807, 2.05) is 6.33 Å². The summed E-state index contributed by atoms with van der Waals surface area (Å²) in [6.45, 7) is 0. The van der Waals surface area contributed by atoms with Gasteiger partial charge in [0, 0.05) is 6.04 Å². The van der Waals surface area contributed by atoms with Gasteiger partial charge in [-0.1, -0.05) is 0 Å². The third kappa shape index (κ3) is 1.03. The van der Waals surface area contributed by atoms with Gasteiger partial charge in [-0.25, -0.2) is 9.37 Å². The first-order chi connectivity index (χ1) is 6.34. The third-order valence-corrected chi connectivity index (χ3v) is 2.48. The molecule has 0 saturated heterocycles. The van der Waals surface area contributed by atoms with E-state index in [0.29, 0.717) is 6.04 Å². The fourth-order valence-corrected chi connectivity index (χ4v) is 1.64. The Bertz CT molecular complexity index is 457. The zero-order valence-electron chi connectivity index (χ0n) is 7.07. The standard InChI is InChI=1S/C10H9FN2/c11-7-1-4-9-10(5-7)13(6-12-9)8-2-3-8/h1,4-6,8H,2-3H2. The van der Waals surface area contributed by atoms with E-state index in [1.165, 1.54) is 18.9 Å². The minimum atomic E-state index is -0.185. The van der Waals surface area contributed by atoms with Crippen molar-refractivity contribution >= 4 is 11.0 Å². The van der Waals surface area contributed by atoms with Gasteiger partial charge in [0.2, 0.25) is 0 Å². The van der Waals surface area contributed by atoms with Crippen LogP contribution in [0.3, 0.4) is 0 Å². The topological polar surface area (TPSA) is 17.8 Å². The van der Waals surface area contributed by atoms with Gasteiger partial charge >= 0.3 is 0 Å². The molecular weight excluding hydrogens is 167 g/mol. The first kappa shape index (κ1) is 7.06. The highest BCUT2D eigenvalue weighted by Gasteiger charge is 2.24. The van der Waals surface area contributed by atoms with Gasteiger partial charge in [0.15, 0.2) is 0 Å². The highest BCUT2D eigenvalue weighted by Crippen LogP contribution is 2.36. The average molecular weight is 176 g/mol. The number of aromatic nitrogens is 2. The maximum atomic E-state index is 12.9. The lowest BCUT2D eigenvalue weighted by molar-refractivity contribution is 0.628. The molecule has 3 heteroatoms. The number of hydrogen-bond acceptors (Lipinski definition) is 1. The molecule has 0 N–H and O–H groups in total. The third-order valence-electron chi connectivity index (χ3n) is 2.48. The van der Waals surface area contributed by atoms with Crippen LogP contribution in [0.2, 0.25) is 0 Å². The number of nitrogens with zero attached hydrogens (tertiary/aromatic N) is 2. The molecular formula is C10H9FN2. The Labute approximate surface area is 75.0 Å². The maximum Gasteiger partial charge on any atom is 0.125 e. The molecule has 66 valence electrons. The van der Waals surface area contributed by atoms with Crippen molar-refractivity contribution in [1.82, 2.24) is 9.55 Å². The quantitative estimate of drug-likeness (QED) is 0.652. The van der Waals surface area contributed by atoms with Crippen molar-refractivity contribution in [3.8, 4) is 0 Å². The van der Waals surface area contributed by atoms with Crippen molar-refractivity contribution in [3.05, 3.63) is 30.3 Å². The van der Waals surface area contributed by atoms with Crippen LogP contribution in [0.25, 0.3) is 11.0 Å². The van der Waals surface area contributed by atoms with Gasteiger partial charge in [0.1, 0.15) is 5.82 Å². The summed E-state index contributed by atoms with van der Waals surface area (Å²) in [4.78, 5) is 4.22. The van der Waals surface area contributed by atoms with E-state index < -0.39 is 0 Å². The minimum Gasteiger partial charge on any atom is -0.327 e. The summed E-state index contributed by atoms with van der Waals surface area (Å²) in [5.74, 6) is -0.185. The monoisotopic (exact) mass is 176 g/mol. The van der Waals surface area contributed by atoms with Crippen LogP contribution >= 0.6 is 0 Å². The summed E-state index contributed by atoms with van der Waals surface area (Å²) in [5.41, 5.74) is 1.80. The van der Waals surface area contributed by atoms with Crippen molar-refractivity contribution in [3.63, 3.8) is 0 Å². The van der Waals surface area contributed by atoms with Gasteiger partial charge in [-0.3, -0.25) is 0 Å². The molecule has 13 heavy (non-hydrogen) atoms. The van der Waals surface area contributed by atoms with E-state index in [4.69, 9.17) is 0 Å². The van der Waals surface area contributed by atoms with Crippen molar-refractivity contribution in [2.24, 2.45) is 0 Å². The summed E-state index contributed by atoms with van der Waals surface area (Å²) in [6, 6.07) is 5.29. The number of hydrogen-bond donors (Lipinski definition) is 0. The highest BCUT2D eigenvalue weighted by molar-refractivity contribution is 5.75. The first-order valence-corrected chi connectivity index (χ1v) is 4.47. The molecule has 1 aromatic heterocycles. The van der Waals surface area contributed by atoms with Crippen LogP contribution < -0.4 is 0 Å². The highest BCUT2D eigenvalue weighted by atomic mass is 19.1. The molecule has 0 atom stereocenters. The maximum absolute atomic E-state index is 12.9. The van der Waals surface area contributed by atoms with Crippen LogP contribution in [0.4, 0.5) is 4.39 Å². The SMILES string of the molecule is Fc1ccc2ncn(C3CC3)c2c1. The molecule has 3 rings (SSSR count). The van der Waals surface area contributed by atoms with Gasteiger partial charge < -0.3 is 4.57 Å². The summed E-state index contributed by atoms with van der Waals surface area (Å²) < 4.78 is 15.0. The molecule has 0 spiro atoms. The summed E-state index contributed by atoms with van der Waals surface area (Å²) >= 11 is 0. The van der Waals surface area contributed by atoms with Crippen LogP contribution in [0.5, 0.6) is 0 Å². The number of benzene rings is 1. The first-order valence-electron chi connectivity index (χ1n) is 4.47. The molecule has 1 heterocycles. The Kier molecular flexibility index (Phi) is 1.26. The van der Waals surface area contributed by atoms with E-state index in [0.717, 1.165) is 11.0 Å². The molecule has 0 bridgehead atoms. The Morgan fingerprint density at radius 3 is 3.00 bits per heavy atom. The Hall–Kier alpha value is -1.38. The van der Waals surface area contributed by atoms with Gasteiger partial charge in [0.05, 0.1) is 17.4 Å². The molecule has 1 fully saturated rings. The van der Waals surface area contributed by atoms with Gasteiger partial charge in [0.25, 0.3) is 0 Å². The molecule has 1 aliphatic rings. The van der Waals surface area contributed by atoms with Crippen LogP contribution in [-0.4, -0.2) is 9.55 Å². The molecule has 1 aliphatic carbocycles. The van der Waals surface area contributed by atoms with E-state index >= 15 is 0 Å². The Morgan fingerprint density at radius 1 is 1.38 bits per heavy atom. The lowest BCUT2D eigenvalue weighted by atomic mass is 10.3. The number of fused-ring (bicyclic) bond motifs is 1. The lowest BCUT2D eigenvalue weighted by Gasteiger charge is -1.99. The lowest BCUT2D eigenvalue weighted by Crippen LogP contribution is -1.90. The van der Waals surface area contributed by atoms with E-state index in [1.54, 1.807) is 12.1 Å². The molecule has 1 aromatic carbocycles. The molecule has 0 unspecified atom stereocenters. The van der Waals surface area contributed by atoms with Crippen LogP contribution in [-0.2, 0) is 0 Å². The predicted octanol–water partition coefficient (Wildman–Crippen LogP) is 2.51. The number of imidazole rings is 1. The van der Waals surface area contributed by atoms with Crippen molar-refractivity contribution in [1.29, 1.82) is 0 Å². The smallest absolute Gasteiger partial charge is 0.125 e. The summed E-state index contributed by atoms with van der Waals surface area (Å²) in [5, 5.41) is 0. The van der Waals surface area contributed by atoms with Gasteiger partial charge in [-0.15, -0.1) is 0 Å². The van der Waals surface area contributed by atoms with Crippen LogP contribution in [0.1, 0.15) is 18.9 Å².